The van der Waals surface area contributed by atoms with Gasteiger partial charge in [0.05, 0.1) is 6.54 Å². The number of aromatic nitrogens is 4. The number of rotatable bonds is 5. The molecule has 1 heterocycles. The van der Waals surface area contributed by atoms with Gasteiger partial charge in [-0.2, -0.15) is 5.21 Å². The number of nitrogens with one attached hydrogen (secondary N) is 2. The molecule has 0 radical (unpaired) electrons. The number of nitrogens with zero attached hydrogens (tertiary/aromatic N) is 3. The summed E-state index contributed by atoms with van der Waals surface area (Å²) in [6, 6.07) is 7.51. The lowest BCUT2D eigenvalue weighted by molar-refractivity contribution is -0.123. The van der Waals surface area contributed by atoms with Crippen LogP contribution >= 0.6 is 0 Å². The minimum atomic E-state index is -0.235. The molecule has 18 heavy (non-hydrogen) atoms. The molecule has 94 valence electrons. The molecule has 0 bridgehead atoms. The van der Waals surface area contributed by atoms with Crippen LogP contribution in [0.3, 0.4) is 0 Å². The number of aromatic amines is 1. The van der Waals surface area contributed by atoms with Crippen LogP contribution in [0, 0.1) is 6.92 Å². The van der Waals surface area contributed by atoms with Crippen LogP contribution in [0.15, 0.2) is 24.3 Å². The second kappa shape index (κ2) is 5.76. The highest BCUT2D eigenvalue weighted by molar-refractivity contribution is 5.77. The summed E-state index contributed by atoms with van der Waals surface area (Å²) < 4.78 is 5.34. The maximum atomic E-state index is 11.5. The van der Waals surface area contributed by atoms with Crippen LogP contribution in [0.5, 0.6) is 5.75 Å². The highest BCUT2D eigenvalue weighted by Crippen LogP contribution is 2.11. The summed E-state index contributed by atoms with van der Waals surface area (Å²) in [5.74, 6) is 0.866. The van der Waals surface area contributed by atoms with Crippen LogP contribution in [0.25, 0.3) is 0 Å². The van der Waals surface area contributed by atoms with Crippen molar-refractivity contribution < 1.29 is 9.53 Å². The molecule has 0 fully saturated rings. The van der Waals surface area contributed by atoms with E-state index in [0.717, 1.165) is 5.56 Å². The van der Waals surface area contributed by atoms with Gasteiger partial charge in [0.15, 0.2) is 12.4 Å². The molecule has 0 atom stereocenters. The van der Waals surface area contributed by atoms with E-state index in [2.05, 4.69) is 25.9 Å². The summed E-state index contributed by atoms with van der Waals surface area (Å²) in [5, 5.41) is 15.7. The van der Waals surface area contributed by atoms with E-state index in [1.807, 2.05) is 25.1 Å². The summed E-state index contributed by atoms with van der Waals surface area (Å²) in [5.41, 5.74) is 1.08. The number of ether oxygens (including phenoxy) is 1. The molecule has 0 spiro atoms. The Morgan fingerprint density at radius 1 is 1.50 bits per heavy atom. The molecular weight excluding hydrogens is 234 g/mol. The number of tetrazole rings is 1. The maximum absolute atomic E-state index is 11.5. The Labute approximate surface area is 104 Å². The van der Waals surface area contributed by atoms with Crippen LogP contribution < -0.4 is 10.1 Å². The number of carbonyl (C=O) groups is 1. The fourth-order valence-electron chi connectivity index (χ4n) is 1.34. The van der Waals surface area contributed by atoms with Gasteiger partial charge >= 0.3 is 0 Å². The first-order chi connectivity index (χ1) is 8.74. The SMILES string of the molecule is Cc1cccc(OCC(=O)NCc2nn[nH]n2)c1. The number of aryl methyl sites for hydroxylation is 1. The molecule has 0 saturated heterocycles. The van der Waals surface area contributed by atoms with Gasteiger partial charge in [-0.1, -0.05) is 17.3 Å². The first-order valence-corrected chi connectivity index (χ1v) is 5.42. The van der Waals surface area contributed by atoms with E-state index in [1.165, 1.54) is 0 Å². The van der Waals surface area contributed by atoms with Crippen molar-refractivity contribution in [3.8, 4) is 5.75 Å². The Hall–Kier alpha value is -2.44. The van der Waals surface area contributed by atoms with Crippen LogP contribution in [-0.4, -0.2) is 33.1 Å². The largest absolute Gasteiger partial charge is 0.484 e. The molecule has 2 N–H and O–H groups in total. The number of hydrogen-bond acceptors (Lipinski definition) is 5. The van der Waals surface area contributed by atoms with E-state index in [1.54, 1.807) is 6.07 Å². The summed E-state index contributed by atoms with van der Waals surface area (Å²) in [4.78, 5) is 11.5. The van der Waals surface area contributed by atoms with E-state index in [0.29, 0.717) is 11.6 Å². The minimum absolute atomic E-state index is 0.0404. The van der Waals surface area contributed by atoms with Crippen molar-refractivity contribution in [2.75, 3.05) is 6.61 Å². The Morgan fingerprint density at radius 3 is 3.11 bits per heavy atom. The molecule has 0 aliphatic carbocycles. The first kappa shape index (κ1) is 12.0. The summed E-state index contributed by atoms with van der Waals surface area (Å²) in [6.07, 6.45) is 0. The topological polar surface area (TPSA) is 92.8 Å². The second-order valence-electron chi connectivity index (χ2n) is 3.71. The van der Waals surface area contributed by atoms with E-state index in [9.17, 15) is 4.79 Å². The van der Waals surface area contributed by atoms with Gasteiger partial charge in [0.2, 0.25) is 0 Å². The summed E-state index contributed by atoms with van der Waals surface area (Å²) in [7, 11) is 0. The van der Waals surface area contributed by atoms with Crippen molar-refractivity contribution in [2.45, 2.75) is 13.5 Å². The molecule has 7 nitrogen and oxygen atoms in total. The van der Waals surface area contributed by atoms with Gasteiger partial charge in [-0.25, -0.2) is 0 Å². The Kier molecular flexibility index (Phi) is 3.85. The molecule has 1 aromatic carbocycles. The Balaban J connectivity index is 1.75. The number of benzene rings is 1. The van der Waals surface area contributed by atoms with Crippen molar-refractivity contribution in [2.24, 2.45) is 0 Å². The highest BCUT2D eigenvalue weighted by atomic mass is 16.5. The number of hydrogen-bond donors (Lipinski definition) is 2. The predicted molar refractivity (Wildman–Crippen MR) is 62.7 cm³/mol. The van der Waals surface area contributed by atoms with E-state index >= 15 is 0 Å². The van der Waals surface area contributed by atoms with E-state index < -0.39 is 0 Å². The standard InChI is InChI=1S/C11H13N5O2/c1-8-3-2-4-9(5-8)18-7-11(17)12-6-10-13-15-16-14-10/h2-5H,6-7H2,1H3,(H,12,17)(H,13,14,15,16). The average Bonchev–Trinajstić information content (AvgIpc) is 2.87. The zero-order valence-electron chi connectivity index (χ0n) is 9.88. The smallest absolute Gasteiger partial charge is 0.258 e. The van der Waals surface area contributed by atoms with E-state index in [4.69, 9.17) is 4.74 Å². The molecule has 1 amide bonds. The van der Waals surface area contributed by atoms with Gasteiger partial charge in [-0.05, 0) is 24.6 Å². The third-order valence-corrected chi connectivity index (χ3v) is 2.19. The normalized spacial score (nSPS) is 10.1. The molecular formula is C11H13N5O2. The van der Waals surface area contributed by atoms with Crippen LogP contribution in [-0.2, 0) is 11.3 Å². The van der Waals surface area contributed by atoms with E-state index in [-0.39, 0.29) is 19.1 Å². The molecule has 2 aromatic rings. The average molecular weight is 247 g/mol. The zero-order valence-corrected chi connectivity index (χ0v) is 9.88. The van der Waals surface area contributed by atoms with Gasteiger partial charge in [-0.15, -0.1) is 10.2 Å². The monoisotopic (exact) mass is 247 g/mol. The maximum Gasteiger partial charge on any atom is 0.258 e. The summed E-state index contributed by atoms with van der Waals surface area (Å²) in [6.45, 7) is 2.15. The molecule has 2 rings (SSSR count). The number of carbonyl (C=O) groups excluding carboxylic acids is 1. The zero-order chi connectivity index (χ0) is 12.8. The molecule has 0 aliphatic heterocycles. The Morgan fingerprint density at radius 2 is 2.39 bits per heavy atom. The molecule has 1 aromatic heterocycles. The van der Waals surface area contributed by atoms with Crippen LogP contribution in [0.1, 0.15) is 11.4 Å². The lowest BCUT2D eigenvalue weighted by Gasteiger charge is -2.06. The first-order valence-electron chi connectivity index (χ1n) is 5.42. The van der Waals surface area contributed by atoms with Crippen molar-refractivity contribution in [1.29, 1.82) is 0 Å². The molecule has 0 saturated carbocycles. The molecule has 0 aliphatic rings. The third kappa shape index (κ3) is 3.55. The summed E-state index contributed by atoms with van der Waals surface area (Å²) >= 11 is 0. The van der Waals surface area contributed by atoms with Crippen LogP contribution in [0.4, 0.5) is 0 Å². The minimum Gasteiger partial charge on any atom is -0.484 e. The molecule has 0 unspecified atom stereocenters. The van der Waals surface area contributed by atoms with Gasteiger partial charge in [0, 0.05) is 0 Å². The van der Waals surface area contributed by atoms with Gasteiger partial charge in [0.25, 0.3) is 5.91 Å². The van der Waals surface area contributed by atoms with Crippen molar-refractivity contribution in [3.05, 3.63) is 35.7 Å². The number of H-pyrrole nitrogens is 1. The second-order valence-corrected chi connectivity index (χ2v) is 3.71. The van der Waals surface area contributed by atoms with Gasteiger partial charge in [0.1, 0.15) is 5.75 Å². The highest BCUT2D eigenvalue weighted by Gasteiger charge is 2.04. The Bertz CT molecular complexity index is 512. The van der Waals surface area contributed by atoms with Crippen molar-refractivity contribution in [1.82, 2.24) is 25.9 Å². The van der Waals surface area contributed by atoms with Gasteiger partial charge in [-0.3, -0.25) is 4.79 Å². The fraction of sp³-hybridized carbons (Fsp3) is 0.273. The third-order valence-electron chi connectivity index (χ3n) is 2.19. The lowest BCUT2D eigenvalue weighted by atomic mass is 10.2. The predicted octanol–water partition coefficient (Wildman–Crippen LogP) is 0.203. The van der Waals surface area contributed by atoms with Crippen molar-refractivity contribution in [3.63, 3.8) is 0 Å². The van der Waals surface area contributed by atoms with Crippen LogP contribution in [0.2, 0.25) is 0 Å². The fourth-order valence-corrected chi connectivity index (χ4v) is 1.34. The quantitative estimate of drug-likeness (QED) is 0.787. The molecule has 7 heteroatoms. The number of amides is 1. The van der Waals surface area contributed by atoms with Gasteiger partial charge < -0.3 is 10.1 Å². The van der Waals surface area contributed by atoms with Crippen molar-refractivity contribution >= 4 is 5.91 Å². The lowest BCUT2D eigenvalue weighted by Crippen LogP contribution is -2.28.